The van der Waals surface area contributed by atoms with Crippen molar-refractivity contribution >= 4 is 5.91 Å². The van der Waals surface area contributed by atoms with Gasteiger partial charge in [-0.05, 0) is 18.9 Å². The lowest BCUT2D eigenvalue weighted by molar-refractivity contribution is -0.124. The fourth-order valence-corrected chi connectivity index (χ4v) is 1.90. The van der Waals surface area contributed by atoms with Crippen molar-refractivity contribution in [2.75, 3.05) is 6.54 Å². The van der Waals surface area contributed by atoms with E-state index >= 15 is 0 Å². The second-order valence-corrected chi connectivity index (χ2v) is 4.22. The minimum Gasteiger partial charge on any atom is -0.355 e. The zero-order valence-corrected chi connectivity index (χ0v) is 9.60. The Morgan fingerprint density at radius 1 is 1.22 bits per heavy atom. The van der Waals surface area contributed by atoms with Crippen LogP contribution in [0.3, 0.4) is 0 Å². The van der Waals surface area contributed by atoms with Crippen molar-refractivity contribution in [1.82, 2.24) is 10.6 Å². The normalized spacial score (nSPS) is 19.7. The third-order valence-corrected chi connectivity index (χ3v) is 2.91. The molecule has 6 heteroatoms. The van der Waals surface area contributed by atoms with Crippen molar-refractivity contribution in [3.63, 3.8) is 0 Å². The molecule has 1 saturated heterocycles. The predicted octanol–water partition coefficient (Wildman–Crippen LogP) is 1.47. The molecule has 1 unspecified atom stereocenters. The first kappa shape index (κ1) is 12.9. The van der Waals surface area contributed by atoms with Gasteiger partial charge in [0.1, 0.15) is 5.82 Å². The first-order valence-electron chi connectivity index (χ1n) is 5.72. The monoisotopic (exact) mass is 258 g/mol. The average molecular weight is 258 g/mol. The van der Waals surface area contributed by atoms with E-state index in [0.29, 0.717) is 19.0 Å². The topological polar surface area (TPSA) is 41.1 Å². The predicted molar refractivity (Wildman–Crippen MR) is 59.2 cm³/mol. The molecule has 98 valence electrons. The van der Waals surface area contributed by atoms with E-state index in [-0.39, 0.29) is 18.0 Å². The van der Waals surface area contributed by atoms with Crippen LogP contribution in [-0.4, -0.2) is 18.5 Å². The lowest BCUT2D eigenvalue weighted by Gasteiger charge is -2.22. The fraction of sp³-hybridized carbons (Fsp3) is 0.417. The van der Waals surface area contributed by atoms with Crippen molar-refractivity contribution in [3.05, 3.63) is 35.1 Å². The van der Waals surface area contributed by atoms with E-state index in [9.17, 15) is 18.0 Å². The van der Waals surface area contributed by atoms with Crippen LogP contribution in [0.4, 0.5) is 13.2 Å². The number of rotatable bonds is 3. The number of nitrogens with one attached hydrogen (secondary N) is 2. The summed E-state index contributed by atoms with van der Waals surface area (Å²) in [6, 6.07) is 0.900. The Balaban J connectivity index is 2.01. The zero-order chi connectivity index (χ0) is 13.1. The Morgan fingerprint density at radius 3 is 2.67 bits per heavy atom. The van der Waals surface area contributed by atoms with Crippen LogP contribution in [0.25, 0.3) is 0 Å². The molecule has 0 bridgehead atoms. The molecule has 1 aromatic carbocycles. The van der Waals surface area contributed by atoms with Gasteiger partial charge in [0.15, 0.2) is 11.6 Å². The maximum absolute atomic E-state index is 13.3. The molecule has 1 aromatic rings. The molecule has 0 spiro atoms. The number of carbonyl (C=O) groups is 1. The van der Waals surface area contributed by atoms with Crippen molar-refractivity contribution < 1.29 is 18.0 Å². The van der Waals surface area contributed by atoms with Crippen LogP contribution in [0, 0.1) is 17.5 Å². The van der Waals surface area contributed by atoms with Gasteiger partial charge in [0.2, 0.25) is 5.91 Å². The molecule has 0 saturated carbocycles. The summed E-state index contributed by atoms with van der Waals surface area (Å²) in [4.78, 5) is 11.4. The van der Waals surface area contributed by atoms with E-state index < -0.39 is 23.5 Å². The van der Waals surface area contributed by atoms with Crippen LogP contribution in [0.2, 0.25) is 0 Å². The van der Waals surface area contributed by atoms with Crippen LogP contribution in [0.15, 0.2) is 12.1 Å². The zero-order valence-electron chi connectivity index (χ0n) is 9.60. The maximum atomic E-state index is 13.3. The summed E-state index contributed by atoms with van der Waals surface area (Å²) in [5.74, 6) is -3.28. The summed E-state index contributed by atoms with van der Waals surface area (Å²) < 4.78 is 39.0. The molecular weight excluding hydrogens is 245 g/mol. The van der Waals surface area contributed by atoms with E-state index in [1.807, 2.05) is 0 Å². The van der Waals surface area contributed by atoms with Crippen LogP contribution in [-0.2, 0) is 11.3 Å². The molecular formula is C12H13F3N2O. The molecule has 1 atom stereocenters. The first-order valence-corrected chi connectivity index (χ1v) is 5.72. The van der Waals surface area contributed by atoms with E-state index in [2.05, 4.69) is 10.6 Å². The lowest BCUT2D eigenvalue weighted by atomic mass is 10.1. The number of amides is 1. The van der Waals surface area contributed by atoms with Gasteiger partial charge >= 0.3 is 0 Å². The van der Waals surface area contributed by atoms with Crippen LogP contribution in [0.1, 0.15) is 18.4 Å². The van der Waals surface area contributed by atoms with Gasteiger partial charge in [0.05, 0.1) is 6.04 Å². The number of hydrogen-bond donors (Lipinski definition) is 2. The first-order chi connectivity index (χ1) is 8.58. The van der Waals surface area contributed by atoms with Crippen LogP contribution >= 0.6 is 0 Å². The minimum absolute atomic E-state index is 0.00673. The average Bonchev–Trinajstić information content (AvgIpc) is 2.34. The number of carbonyl (C=O) groups excluding carboxylic acids is 1. The van der Waals surface area contributed by atoms with Crippen molar-refractivity contribution in [2.24, 2.45) is 0 Å². The van der Waals surface area contributed by atoms with Crippen molar-refractivity contribution in [3.8, 4) is 0 Å². The van der Waals surface area contributed by atoms with E-state index in [1.165, 1.54) is 0 Å². The quantitative estimate of drug-likeness (QED) is 0.806. The molecule has 1 amide bonds. The number of benzene rings is 1. The Hall–Kier alpha value is -1.56. The Labute approximate surface area is 102 Å². The van der Waals surface area contributed by atoms with Gasteiger partial charge in [0, 0.05) is 24.7 Å². The fourth-order valence-electron chi connectivity index (χ4n) is 1.90. The smallest absolute Gasteiger partial charge is 0.237 e. The molecule has 0 aliphatic carbocycles. The summed E-state index contributed by atoms with van der Waals surface area (Å²) in [6.45, 7) is 0.623. The number of piperidine rings is 1. The SMILES string of the molecule is O=C1NCCCC1NCc1cc(F)c(F)cc1F. The van der Waals surface area contributed by atoms with Gasteiger partial charge in [-0.25, -0.2) is 13.2 Å². The van der Waals surface area contributed by atoms with Gasteiger partial charge in [-0.3, -0.25) is 4.79 Å². The molecule has 1 aliphatic heterocycles. The largest absolute Gasteiger partial charge is 0.355 e. The Morgan fingerprint density at radius 2 is 1.94 bits per heavy atom. The molecule has 2 N–H and O–H groups in total. The number of hydrogen-bond acceptors (Lipinski definition) is 2. The van der Waals surface area contributed by atoms with E-state index in [0.717, 1.165) is 12.5 Å². The molecule has 2 rings (SSSR count). The van der Waals surface area contributed by atoms with Gasteiger partial charge < -0.3 is 10.6 Å². The molecule has 3 nitrogen and oxygen atoms in total. The molecule has 0 radical (unpaired) electrons. The Kier molecular flexibility index (Phi) is 3.86. The Bertz CT molecular complexity index is 465. The molecule has 1 aliphatic rings. The highest BCUT2D eigenvalue weighted by atomic mass is 19.2. The van der Waals surface area contributed by atoms with E-state index in [1.54, 1.807) is 0 Å². The second-order valence-electron chi connectivity index (χ2n) is 4.22. The summed E-state index contributed by atoms with van der Waals surface area (Å²) in [5.41, 5.74) is 0.00673. The molecule has 18 heavy (non-hydrogen) atoms. The highest BCUT2D eigenvalue weighted by Gasteiger charge is 2.21. The van der Waals surface area contributed by atoms with Gasteiger partial charge in [0.25, 0.3) is 0 Å². The minimum atomic E-state index is -1.22. The van der Waals surface area contributed by atoms with Crippen LogP contribution in [0.5, 0.6) is 0 Å². The highest BCUT2D eigenvalue weighted by molar-refractivity contribution is 5.82. The third-order valence-electron chi connectivity index (χ3n) is 2.91. The van der Waals surface area contributed by atoms with Gasteiger partial charge in [-0.1, -0.05) is 0 Å². The summed E-state index contributed by atoms with van der Waals surface area (Å²) in [7, 11) is 0. The third kappa shape index (κ3) is 2.81. The molecule has 1 heterocycles. The standard InChI is InChI=1S/C12H13F3N2O/c13-8-5-10(15)9(14)4-7(8)6-17-11-2-1-3-16-12(11)18/h4-5,11,17H,1-3,6H2,(H,16,18). The molecule has 1 fully saturated rings. The van der Waals surface area contributed by atoms with Crippen LogP contribution < -0.4 is 10.6 Å². The summed E-state index contributed by atoms with van der Waals surface area (Å²) in [5, 5.41) is 5.51. The van der Waals surface area contributed by atoms with Crippen molar-refractivity contribution in [1.29, 1.82) is 0 Å². The van der Waals surface area contributed by atoms with Gasteiger partial charge in [-0.15, -0.1) is 0 Å². The summed E-state index contributed by atoms with van der Waals surface area (Å²) >= 11 is 0. The second kappa shape index (κ2) is 5.39. The summed E-state index contributed by atoms with van der Waals surface area (Å²) in [6.07, 6.45) is 1.49. The van der Waals surface area contributed by atoms with E-state index in [4.69, 9.17) is 0 Å². The maximum Gasteiger partial charge on any atom is 0.237 e. The highest BCUT2D eigenvalue weighted by Crippen LogP contribution is 2.14. The lowest BCUT2D eigenvalue weighted by Crippen LogP contribution is -2.48. The molecule has 0 aromatic heterocycles. The number of halogens is 3. The van der Waals surface area contributed by atoms with Gasteiger partial charge in [-0.2, -0.15) is 0 Å². The van der Waals surface area contributed by atoms with Crippen molar-refractivity contribution in [2.45, 2.75) is 25.4 Å².